The lowest BCUT2D eigenvalue weighted by Crippen LogP contribution is -2.46. The van der Waals surface area contributed by atoms with E-state index in [9.17, 15) is 0 Å². The third-order valence-corrected chi connectivity index (χ3v) is 2.57. The fourth-order valence-corrected chi connectivity index (χ4v) is 1.88. The highest BCUT2D eigenvalue weighted by atomic mass is 15.2. The molecule has 1 aliphatic heterocycles. The molecule has 0 amide bonds. The van der Waals surface area contributed by atoms with Crippen molar-refractivity contribution in [1.29, 1.82) is 0 Å². The smallest absolute Gasteiger partial charge is 0.0252 e. The van der Waals surface area contributed by atoms with E-state index in [4.69, 9.17) is 0 Å². The second kappa shape index (κ2) is 3.75. The zero-order valence-corrected chi connectivity index (χ0v) is 8.85. The van der Waals surface area contributed by atoms with E-state index in [1.54, 1.807) is 0 Å². The Balaban J connectivity index is 2.56. The van der Waals surface area contributed by atoms with Crippen LogP contribution in [0.4, 0.5) is 0 Å². The molecule has 1 heterocycles. The molecule has 1 saturated heterocycles. The molecular formula is C10H22N2. The Kier molecular flexibility index (Phi) is 3.13. The molecule has 0 saturated carbocycles. The Bertz CT molecular complexity index is 143. The van der Waals surface area contributed by atoms with Crippen molar-refractivity contribution < 1.29 is 0 Å². The Morgan fingerprint density at radius 1 is 1.50 bits per heavy atom. The maximum Gasteiger partial charge on any atom is 0.0252 e. The van der Waals surface area contributed by atoms with E-state index in [-0.39, 0.29) is 0 Å². The van der Waals surface area contributed by atoms with Crippen molar-refractivity contribution >= 4 is 0 Å². The van der Waals surface area contributed by atoms with E-state index in [0.717, 1.165) is 12.5 Å². The zero-order valence-electron chi connectivity index (χ0n) is 8.85. The van der Waals surface area contributed by atoms with Crippen LogP contribution >= 0.6 is 0 Å². The number of hydrogen-bond acceptors (Lipinski definition) is 2. The average Bonchev–Trinajstić information content (AvgIpc) is 2.10. The Morgan fingerprint density at radius 3 is 2.75 bits per heavy atom. The molecule has 1 rings (SSSR count). The number of likely N-dealkylation sites (N-methyl/N-ethyl adjacent to an activating group) is 1. The van der Waals surface area contributed by atoms with Gasteiger partial charge in [0.2, 0.25) is 0 Å². The lowest BCUT2D eigenvalue weighted by molar-refractivity contribution is 0.231. The molecule has 12 heavy (non-hydrogen) atoms. The second-order valence-electron chi connectivity index (χ2n) is 4.70. The minimum Gasteiger partial charge on any atom is -0.310 e. The summed E-state index contributed by atoms with van der Waals surface area (Å²) >= 11 is 0. The van der Waals surface area contributed by atoms with Crippen LogP contribution in [0.15, 0.2) is 0 Å². The van der Waals surface area contributed by atoms with E-state index < -0.39 is 0 Å². The van der Waals surface area contributed by atoms with Gasteiger partial charge in [0.25, 0.3) is 0 Å². The van der Waals surface area contributed by atoms with Gasteiger partial charge in [0.15, 0.2) is 0 Å². The normalized spacial score (nSPS) is 31.5. The minimum absolute atomic E-state index is 0.292. The van der Waals surface area contributed by atoms with Crippen molar-refractivity contribution in [2.24, 2.45) is 5.92 Å². The highest BCUT2D eigenvalue weighted by molar-refractivity contribution is 4.86. The van der Waals surface area contributed by atoms with Crippen molar-refractivity contribution in [2.75, 3.05) is 26.2 Å². The summed E-state index contributed by atoms with van der Waals surface area (Å²) in [6.45, 7) is 13.9. The SMILES string of the molecule is CCN1CC(C)CNC(C)(C)C1. The van der Waals surface area contributed by atoms with Crippen molar-refractivity contribution in [1.82, 2.24) is 10.2 Å². The lowest BCUT2D eigenvalue weighted by atomic mass is 10.1. The topological polar surface area (TPSA) is 15.3 Å². The van der Waals surface area contributed by atoms with E-state index >= 15 is 0 Å². The van der Waals surface area contributed by atoms with E-state index in [0.29, 0.717) is 5.54 Å². The molecule has 1 atom stereocenters. The summed E-state index contributed by atoms with van der Waals surface area (Å²) in [6.07, 6.45) is 0. The van der Waals surface area contributed by atoms with Crippen LogP contribution in [-0.2, 0) is 0 Å². The molecule has 0 aromatic heterocycles. The third-order valence-electron chi connectivity index (χ3n) is 2.57. The van der Waals surface area contributed by atoms with Gasteiger partial charge in [-0.25, -0.2) is 0 Å². The lowest BCUT2D eigenvalue weighted by Gasteiger charge is -2.29. The molecule has 1 fully saturated rings. The highest BCUT2D eigenvalue weighted by Crippen LogP contribution is 2.12. The molecule has 1 unspecified atom stereocenters. The molecule has 0 aromatic carbocycles. The molecule has 72 valence electrons. The number of rotatable bonds is 1. The molecule has 0 bridgehead atoms. The van der Waals surface area contributed by atoms with Crippen LogP contribution in [0, 0.1) is 5.92 Å². The molecule has 0 spiro atoms. The third kappa shape index (κ3) is 2.76. The Morgan fingerprint density at radius 2 is 2.17 bits per heavy atom. The van der Waals surface area contributed by atoms with E-state index in [2.05, 4.69) is 37.9 Å². The van der Waals surface area contributed by atoms with Gasteiger partial charge in [-0.1, -0.05) is 13.8 Å². The van der Waals surface area contributed by atoms with Gasteiger partial charge in [0, 0.05) is 18.6 Å². The molecule has 0 radical (unpaired) electrons. The first kappa shape index (κ1) is 10.0. The number of nitrogens with zero attached hydrogens (tertiary/aromatic N) is 1. The molecule has 0 aromatic rings. The summed E-state index contributed by atoms with van der Waals surface area (Å²) in [5.74, 6) is 0.784. The van der Waals surface area contributed by atoms with Crippen LogP contribution in [0.1, 0.15) is 27.7 Å². The van der Waals surface area contributed by atoms with E-state index in [1.807, 2.05) is 0 Å². The van der Waals surface area contributed by atoms with Crippen molar-refractivity contribution in [2.45, 2.75) is 33.2 Å². The maximum absolute atomic E-state index is 3.59. The van der Waals surface area contributed by atoms with Crippen molar-refractivity contribution in [3.8, 4) is 0 Å². The molecule has 0 aliphatic carbocycles. The summed E-state index contributed by atoms with van der Waals surface area (Å²) < 4.78 is 0. The molecule has 2 heteroatoms. The first-order chi connectivity index (χ1) is 5.53. The second-order valence-corrected chi connectivity index (χ2v) is 4.70. The fourth-order valence-electron chi connectivity index (χ4n) is 1.88. The van der Waals surface area contributed by atoms with Crippen molar-refractivity contribution in [3.63, 3.8) is 0 Å². The average molecular weight is 170 g/mol. The monoisotopic (exact) mass is 170 g/mol. The van der Waals surface area contributed by atoms with E-state index in [1.165, 1.54) is 19.6 Å². The molecule has 2 nitrogen and oxygen atoms in total. The molecule has 1 N–H and O–H groups in total. The van der Waals surface area contributed by atoms with Gasteiger partial charge in [-0.2, -0.15) is 0 Å². The van der Waals surface area contributed by atoms with Gasteiger partial charge in [0.1, 0.15) is 0 Å². The molecule has 1 aliphatic rings. The summed E-state index contributed by atoms with van der Waals surface area (Å²) in [5.41, 5.74) is 0.292. The number of hydrogen-bond donors (Lipinski definition) is 1. The van der Waals surface area contributed by atoms with Gasteiger partial charge in [0.05, 0.1) is 0 Å². The minimum atomic E-state index is 0.292. The molecular weight excluding hydrogens is 148 g/mol. The van der Waals surface area contributed by atoms with Gasteiger partial charge in [-0.05, 0) is 32.9 Å². The van der Waals surface area contributed by atoms with Gasteiger partial charge < -0.3 is 10.2 Å². The highest BCUT2D eigenvalue weighted by Gasteiger charge is 2.25. The standard InChI is InChI=1S/C10H22N2/c1-5-12-7-9(2)6-11-10(3,4)8-12/h9,11H,5-8H2,1-4H3. The van der Waals surface area contributed by atoms with Crippen LogP contribution in [0.3, 0.4) is 0 Å². The van der Waals surface area contributed by atoms with Gasteiger partial charge in [-0.15, -0.1) is 0 Å². The summed E-state index contributed by atoms with van der Waals surface area (Å²) in [7, 11) is 0. The van der Waals surface area contributed by atoms with Crippen LogP contribution in [-0.4, -0.2) is 36.6 Å². The zero-order chi connectivity index (χ0) is 9.19. The van der Waals surface area contributed by atoms with Crippen LogP contribution in [0.25, 0.3) is 0 Å². The van der Waals surface area contributed by atoms with Crippen LogP contribution < -0.4 is 5.32 Å². The van der Waals surface area contributed by atoms with Crippen LogP contribution in [0.2, 0.25) is 0 Å². The summed E-state index contributed by atoms with van der Waals surface area (Å²) in [5, 5.41) is 3.59. The summed E-state index contributed by atoms with van der Waals surface area (Å²) in [6, 6.07) is 0. The first-order valence-electron chi connectivity index (χ1n) is 5.01. The maximum atomic E-state index is 3.59. The predicted molar refractivity (Wildman–Crippen MR) is 53.4 cm³/mol. The quantitative estimate of drug-likeness (QED) is 0.638. The van der Waals surface area contributed by atoms with Gasteiger partial charge in [-0.3, -0.25) is 0 Å². The Labute approximate surface area is 76.3 Å². The first-order valence-corrected chi connectivity index (χ1v) is 5.01. The number of nitrogens with one attached hydrogen (secondary N) is 1. The summed E-state index contributed by atoms with van der Waals surface area (Å²) in [4.78, 5) is 2.53. The van der Waals surface area contributed by atoms with Crippen molar-refractivity contribution in [3.05, 3.63) is 0 Å². The fraction of sp³-hybridized carbons (Fsp3) is 1.00. The largest absolute Gasteiger partial charge is 0.310 e. The Hall–Kier alpha value is -0.0800. The van der Waals surface area contributed by atoms with Gasteiger partial charge >= 0.3 is 0 Å². The predicted octanol–water partition coefficient (Wildman–Crippen LogP) is 1.33. The van der Waals surface area contributed by atoms with Crippen LogP contribution in [0.5, 0.6) is 0 Å².